The summed E-state index contributed by atoms with van der Waals surface area (Å²) in [4.78, 5) is 3.15. The first-order chi connectivity index (χ1) is 5.95. The molecule has 2 heterocycles. The molecule has 0 atom stereocenters. The first-order valence-electron chi connectivity index (χ1n) is 3.88. The molecule has 0 aliphatic heterocycles. The highest BCUT2D eigenvalue weighted by molar-refractivity contribution is 6.01. The Morgan fingerprint density at radius 2 is 1.92 bits per heavy atom. The van der Waals surface area contributed by atoms with Crippen LogP contribution in [0.1, 0.15) is 0 Å². The topological polar surface area (TPSA) is 28.9 Å². The molecule has 0 aliphatic carbocycles. The van der Waals surface area contributed by atoms with E-state index in [0.717, 1.165) is 16.5 Å². The van der Waals surface area contributed by atoms with E-state index in [9.17, 15) is 0 Å². The second kappa shape index (κ2) is 1.91. The number of hydrogen-bond acceptors (Lipinski definition) is 1. The van der Waals surface area contributed by atoms with Gasteiger partial charge in [-0.15, -0.1) is 0 Å². The van der Waals surface area contributed by atoms with Crippen LogP contribution in [0.4, 0.5) is 0 Å². The smallest absolute Gasteiger partial charge is 0.157 e. The molecule has 0 radical (unpaired) electrons. The molecule has 0 saturated carbocycles. The fraction of sp³-hybridized carbons (Fsp3) is 0. The van der Waals surface area contributed by atoms with E-state index in [1.807, 2.05) is 18.3 Å². The van der Waals surface area contributed by atoms with E-state index < -0.39 is 0 Å². The molecule has 0 amide bonds. The second-order valence-electron chi connectivity index (χ2n) is 2.85. The van der Waals surface area contributed by atoms with Crippen molar-refractivity contribution in [2.75, 3.05) is 0 Å². The van der Waals surface area contributed by atoms with Crippen molar-refractivity contribution in [1.29, 1.82) is 0 Å². The fourth-order valence-electron chi connectivity index (χ4n) is 1.55. The number of nitrogens with one attached hydrogen (secondary N) is 1. The van der Waals surface area contributed by atoms with Gasteiger partial charge in [-0.1, -0.05) is 12.1 Å². The Bertz CT molecular complexity index is 483. The zero-order valence-corrected chi connectivity index (χ0v) is 6.37. The Hall–Kier alpha value is -1.70. The number of rotatable bonds is 0. The van der Waals surface area contributed by atoms with E-state index in [0.29, 0.717) is 0 Å². The van der Waals surface area contributed by atoms with E-state index in [-0.39, 0.29) is 0 Å². The quantitative estimate of drug-likeness (QED) is 0.534. The predicted molar refractivity (Wildman–Crippen MR) is 48.1 cm³/mol. The lowest BCUT2D eigenvalue weighted by molar-refractivity contribution is 0.618. The Labute approximate surface area is 68.8 Å². The van der Waals surface area contributed by atoms with Crippen LogP contribution in [0.25, 0.3) is 21.9 Å². The van der Waals surface area contributed by atoms with Crippen LogP contribution in [-0.4, -0.2) is 4.98 Å². The van der Waals surface area contributed by atoms with Crippen LogP contribution in [0.15, 0.2) is 41.1 Å². The fourth-order valence-corrected chi connectivity index (χ4v) is 1.55. The maximum Gasteiger partial charge on any atom is 0.157 e. The van der Waals surface area contributed by atoms with Gasteiger partial charge in [0, 0.05) is 17.0 Å². The van der Waals surface area contributed by atoms with Gasteiger partial charge < -0.3 is 9.40 Å². The Morgan fingerprint density at radius 1 is 1.00 bits per heavy atom. The van der Waals surface area contributed by atoms with E-state index in [2.05, 4.69) is 17.1 Å². The van der Waals surface area contributed by atoms with Crippen molar-refractivity contribution in [3.8, 4) is 0 Å². The van der Waals surface area contributed by atoms with Crippen molar-refractivity contribution in [2.24, 2.45) is 0 Å². The summed E-state index contributed by atoms with van der Waals surface area (Å²) in [6.45, 7) is 0. The van der Waals surface area contributed by atoms with Crippen molar-refractivity contribution in [1.82, 2.24) is 4.98 Å². The number of hydrogen-bond donors (Lipinski definition) is 1. The van der Waals surface area contributed by atoms with E-state index in [4.69, 9.17) is 4.42 Å². The lowest BCUT2D eigenvalue weighted by atomic mass is 10.2. The van der Waals surface area contributed by atoms with E-state index in [1.54, 1.807) is 6.26 Å². The van der Waals surface area contributed by atoms with E-state index in [1.165, 1.54) is 5.39 Å². The second-order valence-corrected chi connectivity index (χ2v) is 2.85. The van der Waals surface area contributed by atoms with Gasteiger partial charge >= 0.3 is 0 Å². The molecule has 12 heavy (non-hydrogen) atoms. The molecule has 3 rings (SSSR count). The maximum absolute atomic E-state index is 5.36. The van der Waals surface area contributed by atoms with Gasteiger partial charge in [0.25, 0.3) is 0 Å². The van der Waals surface area contributed by atoms with Crippen molar-refractivity contribution in [2.45, 2.75) is 0 Å². The van der Waals surface area contributed by atoms with Crippen LogP contribution in [0.2, 0.25) is 0 Å². The van der Waals surface area contributed by atoms with Crippen LogP contribution in [0.5, 0.6) is 0 Å². The summed E-state index contributed by atoms with van der Waals surface area (Å²) in [5.74, 6) is 0. The first kappa shape index (κ1) is 5.89. The minimum Gasteiger partial charge on any atom is -0.462 e. The molecule has 0 saturated heterocycles. The first-order valence-corrected chi connectivity index (χ1v) is 3.88. The summed E-state index contributed by atoms with van der Waals surface area (Å²) in [7, 11) is 0. The molecule has 2 aromatic heterocycles. The molecule has 0 fully saturated rings. The SMILES string of the molecule is c1cc2ccc3ccoc3c2[nH]1. The zero-order valence-electron chi connectivity index (χ0n) is 6.37. The van der Waals surface area contributed by atoms with Gasteiger partial charge in [0.15, 0.2) is 5.58 Å². The summed E-state index contributed by atoms with van der Waals surface area (Å²) in [5, 5.41) is 2.34. The van der Waals surface area contributed by atoms with Crippen molar-refractivity contribution in [3.63, 3.8) is 0 Å². The Balaban J connectivity index is 2.71. The number of aromatic amines is 1. The highest BCUT2D eigenvalue weighted by Gasteiger charge is 2.02. The van der Waals surface area contributed by atoms with Crippen LogP contribution < -0.4 is 0 Å². The van der Waals surface area contributed by atoms with Crippen LogP contribution >= 0.6 is 0 Å². The van der Waals surface area contributed by atoms with Crippen molar-refractivity contribution in [3.05, 3.63) is 36.7 Å². The maximum atomic E-state index is 5.36. The van der Waals surface area contributed by atoms with Crippen molar-refractivity contribution < 1.29 is 4.42 Å². The van der Waals surface area contributed by atoms with Gasteiger partial charge in [-0.25, -0.2) is 0 Å². The average Bonchev–Trinajstić information content (AvgIpc) is 2.71. The number of H-pyrrole nitrogens is 1. The molecular weight excluding hydrogens is 150 g/mol. The molecule has 0 aliphatic rings. The van der Waals surface area contributed by atoms with Gasteiger partial charge in [0.1, 0.15) is 0 Å². The average molecular weight is 157 g/mol. The third-order valence-corrected chi connectivity index (χ3v) is 2.14. The van der Waals surface area contributed by atoms with Gasteiger partial charge in [-0.05, 0) is 12.1 Å². The monoisotopic (exact) mass is 157 g/mol. The normalized spacial score (nSPS) is 11.3. The van der Waals surface area contributed by atoms with Gasteiger partial charge in [-0.3, -0.25) is 0 Å². The summed E-state index contributed by atoms with van der Waals surface area (Å²) < 4.78 is 5.36. The number of benzene rings is 1. The summed E-state index contributed by atoms with van der Waals surface area (Å²) >= 11 is 0. The number of fused-ring (bicyclic) bond motifs is 3. The molecule has 2 nitrogen and oxygen atoms in total. The third kappa shape index (κ3) is 0.593. The number of aromatic nitrogens is 1. The Morgan fingerprint density at radius 3 is 2.92 bits per heavy atom. The summed E-state index contributed by atoms with van der Waals surface area (Å²) in [6.07, 6.45) is 3.64. The largest absolute Gasteiger partial charge is 0.462 e. The van der Waals surface area contributed by atoms with Gasteiger partial charge in [0.2, 0.25) is 0 Å². The third-order valence-electron chi connectivity index (χ3n) is 2.14. The minimum atomic E-state index is 0.942. The predicted octanol–water partition coefficient (Wildman–Crippen LogP) is 2.91. The molecule has 2 heteroatoms. The minimum absolute atomic E-state index is 0.942. The van der Waals surface area contributed by atoms with E-state index >= 15 is 0 Å². The molecule has 3 aromatic rings. The van der Waals surface area contributed by atoms with Gasteiger partial charge in [-0.2, -0.15) is 0 Å². The molecule has 0 spiro atoms. The lowest BCUT2D eigenvalue weighted by Crippen LogP contribution is -1.67. The highest BCUT2D eigenvalue weighted by atomic mass is 16.3. The molecule has 0 bridgehead atoms. The number of furan rings is 1. The molecular formula is C10H7NO. The zero-order chi connectivity index (χ0) is 7.97. The van der Waals surface area contributed by atoms with Crippen LogP contribution in [0, 0.1) is 0 Å². The molecule has 1 N–H and O–H groups in total. The van der Waals surface area contributed by atoms with Crippen molar-refractivity contribution >= 4 is 21.9 Å². The standard InChI is InChI=1S/C10H7NO/c1-2-8-4-6-12-10(8)9-7(1)3-5-11-9/h1-6,11H. The summed E-state index contributed by atoms with van der Waals surface area (Å²) in [6, 6.07) is 8.16. The van der Waals surface area contributed by atoms with Crippen LogP contribution in [0.3, 0.4) is 0 Å². The van der Waals surface area contributed by atoms with Crippen LogP contribution in [-0.2, 0) is 0 Å². The van der Waals surface area contributed by atoms with Gasteiger partial charge in [0.05, 0.1) is 11.8 Å². The summed E-state index contributed by atoms with van der Waals surface area (Å²) in [5.41, 5.74) is 2.02. The molecule has 58 valence electrons. The Kier molecular flexibility index (Phi) is 0.939. The molecule has 0 unspecified atom stereocenters. The molecule has 1 aromatic carbocycles. The lowest BCUT2D eigenvalue weighted by Gasteiger charge is -1.89. The highest BCUT2D eigenvalue weighted by Crippen LogP contribution is 2.24.